The van der Waals surface area contributed by atoms with Crippen molar-refractivity contribution in [3.63, 3.8) is 0 Å². The minimum Gasteiger partial charge on any atom is -0.383 e. The van der Waals surface area contributed by atoms with Gasteiger partial charge in [0.25, 0.3) is 0 Å². The Morgan fingerprint density at radius 3 is 2.71 bits per heavy atom. The Balaban J connectivity index is 1.32. The molecule has 0 spiro atoms. The number of pyridine rings is 2. The molecule has 0 unspecified atom stereocenters. The average molecular weight is 564 g/mol. The lowest BCUT2D eigenvalue weighted by molar-refractivity contribution is -0.141. The summed E-state index contributed by atoms with van der Waals surface area (Å²) < 4.78 is 0. The standard InChI is InChI=1S/C33H34ClN7/c1-5-21-17-36-30-25(29(21)37-19-32(2,3)4)12-22(13-26(30)34)38-31(24-8-6-10-27-23(24)9-7-11-35-27)28-18-41(40-39-28)33-14-20(15-33)16-33/h1,6-13,17-18,20,31,38-40H,14-16,19H2,2-4H3,(H,36,37)/t20?,31-,33?/m0/s1. The number of nitrogens with zero attached hydrogens (tertiary/aromatic N) is 3. The minimum absolute atomic E-state index is 0.0640. The minimum atomic E-state index is -0.198. The Morgan fingerprint density at radius 1 is 1.15 bits per heavy atom. The summed E-state index contributed by atoms with van der Waals surface area (Å²) >= 11 is 6.88. The summed E-state index contributed by atoms with van der Waals surface area (Å²) in [6, 6.07) is 14.2. The molecule has 3 fully saturated rings. The molecular weight excluding hydrogens is 530 g/mol. The van der Waals surface area contributed by atoms with Crippen molar-refractivity contribution in [3.8, 4) is 12.3 Å². The Hall–Kier alpha value is -3.99. The van der Waals surface area contributed by atoms with E-state index < -0.39 is 0 Å². The predicted octanol–water partition coefficient (Wildman–Crippen LogP) is 6.75. The summed E-state index contributed by atoms with van der Waals surface area (Å²) in [5.41, 5.74) is 13.5. The van der Waals surface area contributed by atoms with E-state index in [1.165, 1.54) is 19.3 Å². The zero-order valence-electron chi connectivity index (χ0n) is 23.6. The van der Waals surface area contributed by atoms with Crippen molar-refractivity contribution in [3.05, 3.63) is 82.9 Å². The molecule has 2 aromatic carbocycles. The fraction of sp³-hybridized carbons (Fsp3) is 0.333. The van der Waals surface area contributed by atoms with E-state index in [4.69, 9.17) is 18.0 Å². The van der Waals surface area contributed by atoms with Gasteiger partial charge in [-0.1, -0.05) is 56.5 Å². The maximum absolute atomic E-state index is 6.88. The number of terminal acetylenes is 1. The molecule has 8 heteroatoms. The normalized spacial score (nSPS) is 21.9. The van der Waals surface area contributed by atoms with Gasteiger partial charge in [0.1, 0.15) is 0 Å². The van der Waals surface area contributed by atoms with Gasteiger partial charge in [0, 0.05) is 41.6 Å². The monoisotopic (exact) mass is 563 g/mol. The molecule has 1 aliphatic heterocycles. The fourth-order valence-corrected chi connectivity index (χ4v) is 6.59. The van der Waals surface area contributed by atoms with Gasteiger partial charge in [-0.3, -0.25) is 15.0 Å². The van der Waals surface area contributed by atoms with Crippen molar-refractivity contribution in [2.75, 3.05) is 17.2 Å². The smallest absolute Gasteiger partial charge is 0.0950 e. The summed E-state index contributed by atoms with van der Waals surface area (Å²) in [5, 5.41) is 12.2. The maximum atomic E-state index is 6.88. The lowest BCUT2D eigenvalue weighted by Gasteiger charge is -2.64. The first kappa shape index (κ1) is 25.9. The highest BCUT2D eigenvalue weighted by Crippen LogP contribution is 2.60. The zero-order valence-corrected chi connectivity index (χ0v) is 24.3. The topological polar surface area (TPSA) is 77.1 Å². The van der Waals surface area contributed by atoms with Crippen molar-refractivity contribution >= 4 is 44.8 Å². The maximum Gasteiger partial charge on any atom is 0.0950 e. The van der Waals surface area contributed by atoms with E-state index in [-0.39, 0.29) is 17.0 Å². The number of anilines is 2. The first-order valence-electron chi connectivity index (χ1n) is 14.2. The first-order valence-corrected chi connectivity index (χ1v) is 14.6. The van der Waals surface area contributed by atoms with Crippen LogP contribution in [-0.2, 0) is 0 Å². The molecule has 4 aliphatic rings. The SMILES string of the molecule is C#Cc1cnc2c(Cl)cc(N[C@H](C3=CN(C45CC(C4)C5)NN3)c3cccc4ncccc34)cc2c1NCC(C)(C)C. The summed E-state index contributed by atoms with van der Waals surface area (Å²) in [5.74, 6) is 3.68. The van der Waals surface area contributed by atoms with Crippen molar-refractivity contribution in [2.24, 2.45) is 11.3 Å². The Morgan fingerprint density at radius 2 is 1.98 bits per heavy atom. The molecule has 0 saturated heterocycles. The number of aromatic nitrogens is 2. The number of hydrogen-bond donors (Lipinski definition) is 4. The molecule has 4 aromatic rings. The molecule has 0 radical (unpaired) electrons. The second kappa shape index (κ2) is 9.54. The van der Waals surface area contributed by atoms with Crippen LogP contribution >= 0.6 is 11.6 Å². The van der Waals surface area contributed by atoms with Gasteiger partial charge >= 0.3 is 0 Å². The van der Waals surface area contributed by atoms with Crippen LogP contribution in [0, 0.1) is 23.7 Å². The van der Waals surface area contributed by atoms with E-state index in [0.717, 1.165) is 51.4 Å². The van der Waals surface area contributed by atoms with Gasteiger partial charge in [-0.05, 0) is 60.4 Å². The van der Waals surface area contributed by atoms with Crippen LogP contribution in [0.5, 0.6) is 0 Å². The van der Waals surface area contributed by atoms with Crippen LogP contribution in [0.4, 0.5) is 11.4 Å². The number of benzene rings is 2. The van der Waals surface area contributed by atoms with Crippen LogP contribution in [0.15, 0.2) is 66.8 Å². The molecule has 41 heavy (non-hydrogen) atoms. The second-order valence-electron chi connectivity index (χ2n) is 12.8. The van der Waals surface area contributed by atoms with Crippen molar-refractivity contribution in [2.45, 2.75) is 51.6 Å². The third kappa shape index (κ3) is 4.52. The van der Waals surface area contributed by atoms with Gasteiger partial charge in [0.15, 0.2) is 0 Å². The van der Waals surface area contributed by atoms with E-state index in [1.54, 1.807) is 6.20 Å². The van der Waals surface area contributed by atoms with E-state index in [1.807, 2.05) is 24.4 Å². The predicted molar refractivity (Wildman–Crippen MR) is 167 cm³/mol. The Kier molecular flexibility index (Phi) is 6.04. The van der Waals surface area contributed by atoms with Crippen LogP contribution in [0.25, 0.3) is 21.8 Å². The first-order chi connectivity index (χ1) is 19.7. The highest BCUT2D eigenvalue weighted by molar-refractivity contribution is 6.35. The van der Waals surface area contributed by atoms with Crippen LogP contribution in [-0.4, -0.2) is 27.1 Å². The molecule has 3 heterocycles. The molecule has 7 nitrogen and oxygen atoms in total. The van der Waals surface area contributed by atoms with E-state index in [9.17, 15) is 0 Å². The molecular formula is C33H34ClN7. The number of rotatable bonds is 7. The summed E-state index contributed by atoms with van der Waals surface area (Å²) in [7, 11) is 0. The highest BCUT2D eigenvalue weighted by Gasteiger charge is 2.60. The zero-order chi connectivity index (χ0) is 28.4. The van der Waals surface area contributed by atoms with Gasteiger partial charge in [-0.2, -0.15) is 0 Å². The molecule has 1 atom stereocenters. The van der Waals surface area contributed by atoms with Crippen LogP contribution < -0.4 is 21.6 Å². The average Bonchev–Trinajstić information content (AvgIpc) is 3.37. The summed E-state index contributed by atoms with van der Waals surface area (Å²) in [4.78, 5) is 9.24. The molecule has 208 valence electrons. The van der Waals surface area contributed by atoms with Crippen LogP contribution in [0.3, 0.4) is 0 Å². The van der Waals surface area contributed by atoms with Crippen LogP contribution in [0.1, 0.15) is 57.2 Å². The van der Waals surface area contributed by atoms with E-state index in [2.05, 4.69) is 93.7 Å². The molecule has 8 rings (SSSR count). The molecule has 3 saturated carbocycles. The third-order valence-corrected chi connectivity index (χ3v) is 8.88. The number of halogens is 1. The van der Waals surface area contributed by atoms with Gasteiger partial charge < -0.3 is 16.1 Å². The summed E-state index contributed by atoms with van der Waals surface area (Å²) in [6.45, 7) is 7.32. The van der Waals surface area contributed by atoms with E-state index >= 15 is 0 Å². The molecule has 4 N–H and O–H groups in total. The molecule has 3 aliphatic carbocycles. The lowest BCUT2D eigenvalue weighted by Crippen LogP contribution is -2.69. The third-order valence-electron chi connectivity index (χ3n) is 8.59. The molecule has 2 bridgehead atoms. The van der Waals surface area contributed by atoms with Gasteiger partial charge in [0.2, 0.25) is 0 Å². The Bertz CT molecular complexity index is 1730. The van der Waals surface area contributed by atoms with Crippen molar-refractivity contribution in [1.82, 2.24) is 25.9 Å². The lowest BCUT2D eigenvalue weighted by atomic mass is 9.49. The van der Waals surface area contributed by atoms with Gasteiger partial charge in [-0.25, -0.2) is 0 Å². The quantitative estimate of drug-likeness (QED) is 0.185. The molecule has 0 amide bonds. The number of fused-ring (bicyclic) bond motifs is 2. The van der Waals surface area contributed by atoms with Gasteiger partial charge in [0.05, 0.1) is 44.6 Å². The Labute approximate surface area is 245 Å². The van der Waals surface area contributed by atoms with Crippen molar-refractivity contribution < 1.29 is 0 Å². The van der Waals surface area contributed by atoms with Crippen LogP contribution in [0.2, 0.25) is 5.02 Å². The summed E-state index contributed by atoms with van der Waals surface area (Å²) in [6.07, 6.45) is 15.4. The number of hydrogen-bond acceptors (Lipinski definition) is 7. The van der Waals surface area contributed by atoms with Crippen molar-refractivity contribution in [1.29, 1.82) is 0 Å². The fourth-order valence-electron chi connectivity index (χ4n) is 6.32. The van der Waals surface area contributed by atoms with E-state index in [0.29, 0.717) is 16.1 Å². The second-order valence-corrected chi connectivity index (χ2v) is 13.3. The largest absolute Gasteiger partial charge is 0.383 e. The van der Waals surface area contributed by atoms with Gasteiger partial charge in [-0.15, -0.1) is 12.0 Å². The molecule has 2 aromatic heterocycles. The number of hydrazine groups is 2. The highest BCUT2D eigenvalue weighted by atomic mass is 35.5. The number of nitrogens with one attached hydrogen (secondary N) is 4.